The van der Waals surface area contributed by atoms with Gasteiger partial charge in [0, 0.05) is 18.0 Å². The van der Waals surface area contributed by atoms with Crippen LogP contribution >= 0.6 is 0 Å². The molecule has 5 nitrogen and oxygen atoms in total. The number of aromatic nitrogens is 1. The van der Waals surface area contributed by atoms with E-state index in [-0.39, 0.29) is 17.1 Å². The molecule has 0 bridgehead atoms. The van der Waals surface area contributed by atoms with Crippen molar-refractivity contribution in [1.82, 2.24) is 3.97 Å². The van der Waals surface area contributed by atoms with Crippen LogP contribution in [0.25, 0.3) is 10.9 Å². The van der Waals surface area contributed by atoms with E-state index in [1.54, 1.807) is 62.4 Å². The third kappa shape index (κ3) is 4.12. The lowest BCUT2D eigenvalue weighted by Crippen LogP contribution is -2.42. The number of benzene rings is 3. The van der Waals surface area contributed by atoms with Crippen LogP contribution in [0.15, 0.2) is 96.0 Å². The highest BCUT2D eigenvalue weighted by Crippen LogP contribution is 2.38. The van der Waals surface area contributed by atoms with Gasteiger partial charge in [-0.15, -0.1) is 0 Å². The molecule has 0 spiro atoms. The van der Waals surface area contributed by atoms with Gasteiger partial charge in [-0.1, -0.05) is 66.7 Å². The molecule has 0 aliphatic heterocycles. The number of hydrogen-bond acceptors (Lipinski definition) is 4. The molecule has 0 saturated carbocycles. The molecule has 0 saturated heterocycles. The van der Waals surface area contributed by atoms with Crippen molar-refractivity contribution in [3.8, 4) is 0 Å². The fraction of sp³-hybridized carbons (Fsp3) is 0.222. The minimum Gasteiger partial charge on any atom is -0.392 e. The number of fused-ring (bicyclic) bond motifs is 1. The van der Waals surface area contributed by atoms with E-state index in [4.69, 9.17) is 0 Å². The summed E-state index contributed by atoms with van der Waals surface area (Å²) in [5.74, 6) is -0.138. The van der Waals surface area contributed by atoms with E-state index >= 15 is 0 Å². The highest BCUT2D eigenvalue weighted by Gasteiger charge is 2.42. The SMILES string of the molecule is C[C@@H](O)[C@@](C)(C(=O)CCc1ccccc1)c1cn(S(=O)(=O)c2ccccc2)c2ccccc12. The van der Waals surface area contributed by atoms with Crippen LogP contribution in [0, 0.1) is 0 Å². The zero-order chi connectivity index (χ0) is 23.6. The third-order valence-electron chi connectivity index (χ3n) is 6.44. The molecule has 0 aliphatic carbocycles. The maximum Gasteiger partial charge on any atom is 0.268 e. The van der Waals surface area contributed by atoms with Crippen molar-refractivity contribution in [3.05, 3.63) is 102 Å². The first-order valence-electron chi connectivity index (χ1n) is 10.9. The second-order valence-electron chi connectivity index (χ2n) is 8.46. The second-order valence-corrected chi connectivity index (χ2v) is 10.3. The lowest BCUT2D eigenvalue weighted by molar-refractivity contribution is -0.127. The molecule has 1 N–H and O–H groups in total. The largest absolute Gasteiger partial charge is 0.392 e. The molecule has 4 aromatic rings. The molecule has 33 heavy (non-hydrogen) atoms. The number of carbonyl (C=O) groups is 1. The summed E-state index contributed by atoms with van der Waals surface area (Å²) in [4.78, 5) is 13.7. The van der Waals surface area contributed by atoms with E-state index in [0.717, 1.165) is 5.56 Å². The minimum absolute atomic E-state index is 0.138. The van der Waals surface area contributed by atoms with Gasteiger partial charge in [0.2, 0.25) is 0 Å². The second kappa shape index (κ2) is 8.96. The summed E-state index contributed by atoms with van der Waals surface area (Å²) < 4.78 is 28.1. The normalized spacial score (nSPS) is 14.6. The van der Waals surface area contributed by atoms with Gasteiger partial charge in [-0.05, 0) is 49.6 Å². The van der Waals surface area contributed by atoms with Gasteiger partial charge in [-0.2, -0.15) is 0 Å². The third-order valence-corrected chi connectivity index (χ3v) is 8.12. The monoisotopic (exact) mass is 461 g/mol. The van der Waals surface area contributed by atoms with Crippen LogP contribution in [0.4, 0.5) is 0 Å². The number of para-hydroxylation sites is 1. The molecular weight excluding hydrogens is 434 g/mol. The predicted octanol–water partition coefficient (Wildman–Crippen LogP) is 4.72. The average molecular weight is 462 g/mol. The summed E-state index contributed by atoms with van der Waals surface area (Å²) >= 11 is 0. The molecule has 1 aromatic heterocycles. The van der Waals surface area contributed by atoms with Gasteiger partial charge in [0.15, 0.2) is 0 Å². The van der Waals surface area contributed by atoms with Crippen molar-refractivity contribution in [1.29, 1.82) is 0 Å². The Hall–Kier alpha value is -3.22. The van der Waals surface area contributed by atoms with Crippen LogP contribution < -0.4 is 0 Å². The van der Waals surface area contributed by atoms with Crippen molar-refractivity contribution < 1.29 is 18.3 Å². The predicted molar refractivity (Wildman–Crippen MR) is 130 cm³/mol. The van der Waals surface area contributed by atoms with Crippen LogP contribution in [0.5, 0.6) is 0 Å². The highest BCUT2D eigenvalue weighted by molar-refractivity contribution is 7.90. The van der Waals surface area contributed by atoms with Gasteiger partial charge in [-0.3, -0.25) is 4.79 Å². The number of aryl methyl sites for hydroxylation is 1. The summed E-state index contributed by atoms with van der Waals surface area (Å²) in [6.07, 6.45) is 1.26. The molecule has 0 unspecified atom stereocenters. The summed E-state index contributed by atoms with van der Waals surface area (Å²) in [5, 5.41) is 11.4. The maximum absolute atomic E-state index is 13.5. The van der Waals surface area contributed by atoms with Crippen LogP contribution in [0.2, 0.25) is 0 Å². The fourth-order valence-electron chi connectivity index (χ4n) is 4.24. The number of aliphatic hydroxyl groups excluding tert-OH is 1. The number of hydrogen-bond donors (Lipinski definition) is 1. The molecular formula is C27H27NO4S. The lowest BCUT2D eigenvalue weighted by Gasteiger charge is -2.31. The molecule has 6 heteroatoms. The van der Waals surface area contributed by atoms with E-state index in [2.05, 4.69) is 0 Å². The van der Waals surface area contributed by atoms with E-state index in [1.807, 2.05) is 36.4 Å². The smallest absolute Gasteiger partial charge is 0.268 e. The summed E-state index contributed by atoms with van der Waals surface area (Å²) in [5.41, 5.74) is 0.740. The first-order valence-corrected chi connectivity index (χ1v) is 12.4. The Morgan fingerprint density at radius 1 is 0.939 bits per heavy atom. The zero-order valence-electron chi connectivity index (χ0n) is 18.7. The highest BCUT2D eigenvalue weighted by atomic mass is 32.2. The Kier molecular flexibility index (Phi) is 6.23. The Morgan fingerprint density at radius 3 is 2.15 bits per heavy atom. The average Bonchev–Trinajstić information content (AvgIpc) is 3.24. The van der Waals surface area contributed by atoms with Gasteiger partial charge in [-0.25, -0.2) is 12.4 Å². The van der Waals surface area contributed by atoms with E-state index in [1.165, 1.54) is 10.2 Å². The van der Waals surface area contributed by atoms with Gasteiger partial charge >= 0.3 is 0 Å². The minimum atomic E-state index is -3.89. The number of ketones is 1. The molecule has 2 atom stereocenters. The van der Waals surface area contributed by atoms with Crippen molar-refractivity contribution in [2.24, 2.45) is 0 Å². The van der Waals surface area contributed by atoms with Crippen molar-refractivity contribution >= 4 is 26.7 Å². The van der Waals surface area contributed by atoms with Crippen molar-refractivity contribution in [2.75, 3.05) is 0 Å². The molecule has 0 fully saturated rings. The van der Waals surface area contributed by atoms with Gasteiger partial charge < -0.3 is 5.11 Å². The molecule has 0 aliphatic rings. The Balaban J connectivity index is 1.82. The topological polar surface area (TPSA) is 76.4 Å². The first kappa shape index (κ1) is 23.0. The Bertz CT molecular complexity index is 1380. The van der Waals surface area contributed by atoms with Crippen LogP contribution in [0.3, 0.4) is 0 Å². The quantitative estimate of drug-likeness (QED) is 0.412. The summed E-state index contributed by atoms with van der Waals surface area (Å²) in [7, 11) is -3.89. The number of carbonyl (C=O) groups excluding carboxylic acids is 1. The number of nitrogens with zero attached hydrogens (tertiary/aromatic N) is 1. The molecule has 1 heterocycles. The van der Waals surface area contributed by atoms with Gasteiger partial charge in [0.25, 0.3) is 10.0 Å². The van der Waals surface area contributed by atoms with Crippen LogP contribution in [0.1, 0.15) is 31.4 Å². The Morgan fingerprint density at radius 2 is 1.52 bits per heavy atom. The van der Waals surface area contributed by atoms with E-state index in [9.17, 15) is 18.3 Å². The number of rotatable bonds is 8. The van der Waals surface area contributed by atoms with Gasteiger partial charge in [0.1, 0.15) is 5.78 Å². The zero-order valence-corrected chi connectivity index (χ0v) is 19.5. The standard InChI is InChI=1S/C27H27NO4S/c1-20(29)27(2,26(30)18-17-21-11-5-3-6-12-21)24-19-28(25-16-10-9-15-23(24)25)33(31,32)22-13-7-4-8-14-22/h3-16,19-20,29H,17-18H2,1-2H3/t20-,27-/m1/s1. The van der Waals surface area contributed by atoms with E-state index < -0.39 is 21.5 Å². The summed E-state index contributed by atoms with van der Waals surface area (Å²) in [6, 6.07) is 25.0. The van der Waals surface area contributed by atoms with Crippen LogP contribution in [-0.2, 0) is 26.7 Å². The summed E-state index contributed by atoms with van der Waals surface area (Å²) in [6.45, 7) is 3.28. The maximum atomic E-state index is 13.5. The first-order chi connectivity index (χ1) is 15.8. The lowest BCUT2D eigenvalue weighted by atomic mass is 9.73. The van der Waals surface area contributed by atoms with E-state index in [0.29, 0.717) is 22.9 Å². The fourth-order valence-corrected chi connectivity index (χ4v) is 5.63. The van der Waals surface area contributed by atoms with Gasteiger partial charge in [0.05, 0.1) is 21.9 Å². The van der Waals surface area contributed by atoms with Crippen molar-refractivity contribution in [2.45, 2.75) is 43.1 Å². The molecule has 3 aromatic carbocycles. The number of aliphatic hydroxyl groups is 1. The Labute approximate surface area is 194 Å². The molecule has 0 amide bonds. The molecule has 0 radical (unpaired) electrons. The molecule has 4 rings (SSSR count). The van der Waals surface area contributed by atoms with Crippen molar-refractivity contribution in [3.63, 3.8) is 0 Å². The van der Waals surface area contributed by atoms with Crippen LogP contribution in [-0.4, -0.2) is 29.4 Å². The molecule has 170 valence electrons. The number of Topliss-reactive ketones (excluding diaryl/α,β-unsaturated/α-hetero) is 1.